The fourth-order valence-corrected chi connectivity index (χ4v) is 1.84. The summed E-state index contributed by atoms with van der Waals surface area (Å²) in [7, 11) is 0. The number of aliphatic hydroxyl groups is 1. The lowest BCUT2D eigenvalue weighted by atomic mass is 9.89. The van der Waals surface area contributed by atoms with E-state index in [-0.39, 0.29) is 5.41 Å². The maximum absolute atomic E-state index is 8.90. The van der Waals surface area contributed by atoms with Crippen LogP contribution in [-0.4, -0.2) is 37.4 Å². The summed E-state index contributed by atoms with van der Waals surface area (Å²) in [6.07, 6.45) is 3.34. The Hall–Kier alpha value is -0.120. The molecule has 0 spiro atoms. The highest BCUT2D eigenvalue weighted by Crippen LogP contribution is 2.18. The highest BCUT2D eigenvalue weighted by molar-refractivity contribution is 4.78. The van der Waals surface area contributed by atoms with Crippen molar-refractivity contribution in [1.29, 1.82) is 0 Å². The smallest absolute Gasteiger partial charge is 0.0436 e. The largest absolute Gasteiger partial charge is 0.396 e. The molecule has 0 unspecified atom stereocenters. The van der Waals surface area contributed by atoms with Crippen molar-refractivity contribution in [2.24, 2.45) is 5.41 Å². The minimum atomic E-state index is 0.222. The molecule has 1 saturated heterocycles. The van der Waals surface area contributed by atoms with Gasteiger partial charge in [-0.2, -0.15) is 0 Å². The van der Waals surface area contributed by atoms with Gasteiger partial charge in [-0.3, -0.25) is 0 Å². The molecule has 0 saturated carbocycles. The Morgan fingerprint density at radius 1 is 1.36 bits per heavy atom. The zero-order valence-corrected chi connectivity index (χ0v) is 9.47. The highest BCUT2D eigenvalue weighted by atomic mass is 16.3. The molecule has 0 amide bonds. The number of piperidine rings is 1. The van der Waals surface area contributed by atoms with E-state index in [9.17, 15) is 0 Å². The molecule has 3 nitrogen and oxygen atoms in total. The normalized spacial score (nSPS) is 19.9. The molecule has 0 radical (unpaired) electrons. The van der Waals surface area contributed by atoms with Crippen molar-refractivity contribution in [3.05, 3.63) is 0 Å². The van der Waals surface area contributed by atoms with E-state index in [1.807, 2.05) is 0 Å². The fourth-order valence-electron chi connectivity index (χ4n) is 1.84. The molecule has 1 rings (SSSR count). The summed E-state index contributed by atoms with van der Waals surface area (Å²) in [5.41, 5.74) is 0.222. The maximum Gasteiger partial charge on any atom is 0.0436 e. The molecule has 0 aliphatic carbocycles. The first kappa shape index (κ1) is 12.0. The summed E-state index contributed by atoms with van der Waals surface area (Å²) in [4.78, 5) is 0. The number of nitrogens with one attached hydrogen (secondary N) is 2. The lowest BCUT2D eigenvalue weighted by Gasteiger charge is -2.30. The lowest BCUT2D eigenvalue weighted by Crippen LogP contribution is -2.43. The van der Waals surface area contributed by atoms with Gasteiger partial charge >= 0.3 is 0 Å². The second-order valence-electron chi connectivity index (χ2n) is 5.04. The van der Waals surface area contributed by atoms with E-state index in [0.29, 0.717) is 12.6 Å². The van der Waals surface area contributed by atoms with Gasteiger partial charge in [-0.25, -0.2) is 0 Å². The van der Waals surface area contributed by atoms with Crippen LogP contribution in [0.4, 0.5) is 0 Å². The Morgan fingerprint density at radius 2 is 2.00 bits per heavy atom. The number of aliphatic hydroxyl groups excluding tert-OH is 1. The summed E-state index contributed by atoms with van der Waals surface area (Å²) in [6.45, 7) is 7.99. The van der Waals surface area contributed by atoms with Crippen LogP contribution in [0.15, 0.2) is 0 Å². The first-order valence-electron chi connectivity index (χ1n) is 5.69. The summed E-state index contributed by atoms with van der Waals surface area (Å²) < 4.78 is 0. The van der Waals surface area contributed by atoms with Crippen LogP contribution in [-0.2, 0) is 0 Å². The minimum Gasteiger partial charge on any atom is -0.396 e. The average Bonchev–Trinajstić information content (AvgIpc) is 2.17. The first-order valence-corrected chi connectivity index (χ1v) is 5.69. The molecule has 3 N–H and O–H groups in total. The number of hydrogen-bond acceptors (Lipinski definition) is 3. The van der Waals surface area contributed by atoms with Gasteiger partial charge in [0.15, 0.2) is 0 Å². The Labute approximate surface area is 87.3 Å². The van der Waals surface area contributed by atoms with E-state index < -0.39 is 0 Å². The third-order valence-corrected chi connectivity index (χ3v) is 3.00. The lowest BCUT2D eigenvalue weighted by molar-refractivity contribution is 0.199. The van der Waals surface area contributed by atoms with E-state index in [4.69, 9.17) is 5.11 Å². The monoisotopic (exact) mass is 200 g/mol. The summed E-state index contributed by atoms with van der Waals surface area (Å²) in [5.74, 6) is 0. The summed E-state index contributed by atoms with van der Waals surface area (Å²) in [5, 5.41) is 15.9. The third kappa shape index (κ3) is 4.40. The van der Waals surface area contributed by atoms with Crippen LogP contribution in [0.3, 0.4) is 0 Å². The predicted molar refractivity (Wildman–Crippen MR) is 59.4 cm³/mol. The highest BCUT2D eigenvalue weighted by Gasteiger charge is 2.19. The number of hydrogen-bond donors (Lipinski definition) is 3. The van der Waals surface area contributed by atoms with E-state index in [1.54, 1.807) is 0 Å². The van der Waals surface area contributed by atoms with E-state index in [2.05, 4.69) is 24.5 Å². The third-order valence-electron chi connectivity index (χ3n) is 3.00. The van der Waals surface area contributed by atoms with E-state index >= 15 is 0 Å². The Kier molecular flexibility index (Phi) is 4.85. The summed E-state index contributed by atoms with van der Waals surface area (Å²) >= 11 is 0. The van der Waals surface area contributed by atoms with Crippen molar-refractivity contribution in [2.75, 3.05) is 26.2 Å². The molecule has 0 aromatic rings. The molecule has 0 bridgehead atoms. The first-order chi connectivity index (χ1) is 6.64. The standard InChI is InChI=1S/C11H24N2O/c1-11(2,5-8-14)9-13-10-3-6-12-7-4-10/h10,12-14H,3-9H2,1-2H3. The second-order valence-corrected chi connectivity index (χ2v) is 5.04. The fraction of sp³-hybridized carbons (Fsp3) is 1.00. The molecule has 0 aromatic heterocycles. The van der Waals surface area contributed by atoms with Gasteiger partial charge in [0, 0.05) is 19.2 Å². The quantitative estimate of drug-likeness (QED) is 0.613. The molecule has 14 heavy (non-hydrogen) atoms. The molecule has 1 fully saturated rings. The molecule has 84 valence electrons. The molecular weight excluding hydrogens is 176 g/mol. The zero-order chi connectivity index (χ0) is 10.4. The van der Waals surface area contributed by atoms with Crippen LogP contribution in [0, 0.1) is 5.41 Å². The molecule has 0 aromatic carbocycles. The van der Waals surface area contributed by atoms with Crippen molar-refractivity contribution < 1.29 is 5.11 Å². The Bertz CT molecular complexity index is 153. The Morgan fingerprint density at radius 3 is 2.57 bits per heavy atom. The summed E-state index contributed by atoms with van der Waals surface area (Å²) in [6, 6.07) is 0.675. The van der Waals surface area contributed by atoms with Gasteiger partial charge in [0.1, 0.15) is 0 Å². The van der Waals surface area contributed by atoms with E-state index in [1.165, 1.54) is 12.8 Å². The minimum absolute atomic E-state index is 0.222. The van der Waals surface area contributed by atoms with Crippen LogP contribution in [0.5, 0.6) is 0 Å². The zero-order valence-electron chi connectivity index (χ0n) is 9.47. The molecule has 1 aliphatic rings. The van der Waals surface area contributed by atoms with Gasteiger partial charge in [0.2, 0.25) is 0 Å². The van der Waals surface area contributed by atoms with Gasteiger partial charge in [-0.15, -0.1) is 0 Å². The molecular formula is C11H24N2O. The predicted octanol–water partition coefficient (Wildman–Crippen LogP) is 0.737. The van der Waals surface area contributed by atoms with Crippen LogP contribution in [0.2, 0.25) is 0 Å². The number of rotatable bonds is 5. The van der Waals surface area contributed by atoms with Gasteiger partial charge in [-0.05, 0) is 37.8 Å². The van der Waals surface area contributed by atoms with Crippen molar-refractivity contribution >= 4 is 0 Å². The van der Waals surface area contributed by atoms with Gasteiger partial charge < -0.3 is 15.7 Å². The molecule has 0 atom stereocenters. The maximum atomic E-state index is 8.90. The van der Waals surface area contributed by atoms with Crippen molar-refractivity contribution in [3.63, 3.8) is 0 Å². The SMILES string of the molecule is CC(C)(CCO)CNC1CCNCC1. The average molecular weight is 200 g/mol. The van der Waals surface area contributed by atoms with Gasteiger partial charge in [0.05, 0.1) is 0 Å². The van der Waals surface area contributed by atoms with Crippen LogP contribution >= 0.6 is 0 Å². The van der Waals surface area contributed by atoms with Crippen molar-refractivity contribution in [2.45, 2.75) is 39.2 Å². The van der Waals surface area contributed by atoms with Crippen LogP contribution in [0.1, 0.15) is 33.1 Å². The van der Waals surface area contributed by atoms with Crippen LogP contribution in [0.25, 0.3) is 0 Å². The van der Waals surface area contributed by atoms with Crippen LogP contribution < -0.4 is 10.6 Å². The van der Waals surface area contributed by atoms with Crippen molar-refractivity contribution in [1.82, 2.24) is 10.6 Å². The molecule has 3 heteroatoms. The molecule has 1 aliphatic heterocycles. The van der Waals surface area contributed by atoms with Gasteiger partial charge in [0.25, 0.3) is 0 Å². The second kappa shape index (κ2) is 5.69. The van der Waals surface area contributed by atoms with Gasteiger partial charge in [-0.1, -0.05) is 13.8 Å². The topological polar surface area (TPSA) is 44.3 Å². The Balaban J connectivity index is 2.17. The van der Waals surface area contributed by atoms with Crippen molar-refractivity contribution in [3.8, 4) is 0 Å². The van der Waals surface area contributed by atoms with E-state index in [0.717, 1.165) is 26.1 Å². The molecule has 1 heterocycles.